The van der Waals surface area contributed by atoms with Crippen LogP contribution >= 0.6 is 22.7 Å². The maximum atomic E-state index is 12.2. The number of thiophene rings is 2. The Balaban J connectivity index is 1.29. The lowest BCUT2D eigenvalue weighted by molar-refractivity contribution is 0.0996. The van der Waals surface area contributed by atoms with Crippen LogP contribution in [0.3, 0.4) is 0 Å². The van der Waals surface area contributed by atoms with Crippen molar-refractivity contribution in [3.8, 4) is 28.5 Å². The molecule has 14 nitrogen and oxygen atoms in total. The molecule has 234 valence electrons. The Bertz CT molecular complexity index is 2360. The van der Waals surface area contributed by atoms with E-state index in [0.717, 1.165) is 50.8 Å². The molecule has 0 unspecified atom stereocenters. The zero-order valence-corrected chi connectivity index (χ0v) is 26.3. The number of primary amides is 2. The molecule has 0 radical (unpaired) electrons. The highest BCUT2D eigenvalue weighted by Crippen LogP contribution is 2.40. The van der Waals surface area contributed by atoms with E-state index in [1.807, 2.05) is 67.6 Å². The highest BCUT2D eigenvalue weighted by atomic mass is 32.1. The van der Waals surface area contributed by atoms with Gasteiger partial charge in [0.2, 0.25) is 5.95 Å². The number of aromatic nitrogens is 6. The summed E-state index contributed by atoms with van der Waals surface area (Å²) >= 11 is 2.21. The van der Waals surface area contributed by atoms with Gasteiger partial charge in [-0.2, -0.15) is 10.1 Å². The molecule has 2 aromatic carbocycles. The Morgan fingerprint density at radius 3 is 1.96 bits per heavy atom. The molecule has 7 rings (SSSR count). The predicted octanol–water partition coefficient (Wildman–Crippen LogP) is 3.76. The van der Waals surface area contributed by atoms with Crippen molar-refractivity contribution in [3.63, 3.8) is 0 Å². The molecule has 0 fully saturated rings. The van der Waals surface area contributed by atoms with E-state index >= 15 is 0 Å². The van der Waals surface area contributed by atoms with Crippen LogP contribution in [-0.2, 0) is 6.42 Å². The van der Waals surface area contributed by atoms with Gasteiger partial charge in [0, 0.05) is 17.5 Å². The second kappa shape index (κ2) is 11.4. The summed E-state index contributed by atoms with van der Waals surface area (Å²) in [5, 5.41) is 5.81. The van der Waals surface area contributed by atoms with Gasteiger partial charge in [-0.1, -0.05) is 54.6 Å². The molecule has 5 heterocycles. The van der Waals surface area contributed by atoms with E-state index < -0.39 is 11.8 Å². The lowest BCUT2D eigenvalue weighted by Gasteiger charge is -2.11. The topological polar surface area (TPSA) is 246 Å². The number of nitrogens with two attached hydrogens (primary N) is 5. The van der Waals surface area contributed by atoms with Crippen LogP contribution in [0.1, 0.15) is 36.3 Å². The van der Waals surface area contributed by atoms with Crippen molar-refractivity contribution < 1.29 is 9.59 Å². The first kappa shape index (κ1) is 29.7. The number of aryl methyl sites for hydroxylation is 1. The molecule has 16 heteroatoms. The second-order valence-electron chi connectivity index (χ2n) is 10.6. The maximum absolute atomic E-state index is 12.2. The third-order valence-electron chi connectivity index (χ3n) is 7.50. The Morgan fingerprint density at radius 1 is 0.787 bits per heavy atom. The van der Waals surface area contributed by atoms with E-state index in [1.54, 1.807) is 4.68 Å². The summed E-state index contributed by atoms with van der Waals surface area (Å²) in [4.78, 5) is 44.1. The van der Waals surface area contributed by atoms with Crippen LogP contribution in [0, 0.1) is 6.92 Å². The van der Waals surface area contributed by atoms with E-state index in [2.05, 4.69) is 15.4 Å². The van der Waals surface area contributed by atoms with Crippen molar-refractivity contribution in [1.82, 2.24) is 29.7 Å². The summed E-state index contributed by atoms with van der Waals surface area (Å²) < 4.78 is 1.69. The molecule has 0 spiro atoms. The molecule has 0 aliphatic carbocycles. The highest BCUT2D eigenvalue weighted by molar-refractivity contribution is 7.21. The van der Waals surface area contributed by atoms with Crippen LogP contribution in [0.5, 0.6) is 0 Å². The van der Waals surface area contributed by atoms with Gasteiger partial charge in [0.1, 0.15) is 19.4 Å². The number of amides is 2. The number of hydrogen-bond donors (Lipinski definition) is 6. The molecular formula is C31H26N12O2S2. The van der Waals surface area contributed by atoms with Crippen LogP contribution in [-0.4, -0.2) is 41.5 Å². The molecule has 47 heavy (non-hydrogen) atoms. The number of nitrogens with zero attached hydrogens (tertiary/aromatic N) is 6. The van der Waals surface area contributed by atoms with Gasteiger partial charge in [0.25, 0.3) is 17.8 Å². The third kappa shape index (κ3) is 5.15. The molecule has 0 atom stereocenters. The Hall–Kier alpha value is -5.97. The van der Waals surface area contributed by atoms with Gasteiger partial charge in [-0.3, -0.25) is 15.0 Å². The zero-order valence-electron chi connectivity index (χ0n) is 24.7. The lowest BCUT2D eigenvalue weighted by Crippen LogP contribution is -2.11. The van der Waals surface area contributed by atoms with E-state index in [1.165, 1.54) is 0 Å². The molecule has 11 N–H and O–H groups in total. The Morgan fingerprint density at radius 2 is 1.36 bits per heavy atom. The Kier molecular flexibility index (Phi) is 7.23. The fourth-order valence-corrected chi connectivity index (χ4v) is 7.30. The largest absolute Gasteiger partial charge is 0.397 e. The maximum Gasteiger partial charge on any atom is 0.260 e. The number of fused-ring (bicyclic) bond motifs is 2. The second-order valence-corrected chi connectivity index (χ2v) is 12.6. The zero-order chi connectivity index (χ0) is 33.0. The number of benzene rings is 2. The quantitative estimate of drug-likeness (QED) is 0.101. The molecule has 2 amide bonds. The molecule has 7 aromatic rings. The molecule has 0 saturated heterocycles. The van der Waals surface area contributed by atoms with Gasteiger partial charge in [-0.05, 0) is 18.6 Å². The van der Waals surface area contributed by atoms with Gasteiger partial charge < -0.3 is 22.9 Å². The van der Waals surface area contributed by atoms with E-state index in [9.17, 15) is 9.59 Å². The summed E-state index contributed by atoms with van der Waals surface area (Å²) in [5.41, 5.74) is 32.0. The number of anilines is 3. The normalized spacial score (nSPS) is 11.4. The fraction of sp³-hybridized carbons (Fsp3) is 0.0645. The van der Waals surface area contributed by atoms with Crippen LogP contribution in [0.15, 0.2) is 60.7 Å². The molecule has 0 aliphatic heterocycles. The smallest absolute Gasteiger partial charge is 0.260 e. The van der Waals surface area contributed by atoms with Crippen molar-refractivity contribution in [3.05, 3.63) is 87.4 Å². The average molecular weight is 663 g/mol. The summed E-state index contributed by atoms with van der Waals surface area (Å²) in [6, 6.07) is 19.2. The van der Waals surface area contributed by atoms with Crippen molar-refractivity contribution in [1.29, 1.82) is 0 Å². The summed E-state index contributed by atoms with van der Waals surface area (Å²) in [7, 11) is 0. The number of rotatable bonds is 8. The highest BCUT2D eigenvalue weighted by Gasteiger charge is 2.24. The van der Waals surface area contributed by atoms with Crippen LogP contribution in [0.2, 0.25) is 0 Å². The van der Waals surface area contributed by atoms with E-state index in [-0.39, 0.29) is 27.1 Å². The predicted molar refractivity (Wildman–Crippen MR) is 184 cm³/mol. The van der Waals surface area contributed by atoms with Gasteiger partial charge >= 0.3 is 0 Å². The van der Waals surface area contributed by atoms with Crippen LogP contribution in [0.4, 0.5) is 17.3 Å². The number of carbonyl (C=O) groups is 2. The first-order chi connectivity index (χ1) is 22.6. The summed E-state index contributed by atoms with van der Waals surface area (Å²) in [6.45, 7) is 1.89. The number of nitrogen functional groups attached to an aromatic ring is 3. The number of carbonyl (C=O) groups excluding carboxylic acids is 2. The molecular weight excluding hydrogens is 637 g/mol. The first-order valence-electron chi connectivity index (χ1n) is 14.1. The average Bonchev–Trinajstić information content (AvgIpc) is 3.73. The van der Waals surface area contributed by atoms with Crippen molar-refractivity contribution >= 4 is 72.2 Å². The number of hydrazine groups is 1. The fourth-order valence-electron chi connectivity index (χ4n) is 5.41. The standard InChI is InChI=1S/C31H26N12O2S2/c1-13-11-17(12-14-7-9-16(10-8-14)22-18-20(32)24(26(34)44)46-28(18)39-30(37-22)41-36)43(42-13)31-38-23(15-5-3-2-4-6-15)19-21(33)25(27(35)45)47-29(19)40-31/h2-11H,12,32-33,36H2,1H3,(H2,34,44)(H2,35,45)(H,37,39,41). The summed E-state index contributed by atoms with van der Waals surface area (Å²) in [6.07, 6.45) is 0.490. The minimum Gasteiger partial charge on any atom is -0.397 e. The van der Waals surface area contributed by atoms with Crippen LogP contribution < -0.4 is 34.2 Å². The number of nitrogens with one attached hydrogen (secondary N) is 1. The Labute approximate surface area is 274 Å². The minimum atomic E-state index is -0.643. The van der Waals surface area contributed by atoms with Crippen LogP contribution in [0.25, 0.3) is 48.9 Å². The monoisotopic (exact) mass is 662 g/mol. The van der Waals surface area contributed by atoms with Crippen molar-refractivity contribution in [2.75, 3.05) is 16.9 Å². The molecule has 5 aromatic heterocycles. The lowest BCUT2D eigenvalue weighted by atomic mass is 10.0. The van der Waals surface area contributed by atoms with Gasteiger partial charge in [0.15, 0.2) is 0 Å². The van der Waals surface area contributed by atoms with Crippen molar-refractivity contribution in [2.24, 2.45) is 17.3 Å². The summed E-state index contributed by atoms with van der Waals surface area (Å²) in [5.74, 6) is 4.86. The molecule has 0 aliphatic rings. The third-order valence-corrected chi connectivity index (χ3v) is 9.72. The minimum absolute atomic E-state index is 0.176. The van der Waals surface area contributed by atoms with Crippen molar-refractivity contribution in [2.45, 2.75) is 13.3 Å². The number of hydrogen-bond acceptors (Lipinski definition) is 13. The SMILES string of the molecule is Cc1cc(Cc2ccc(-c3nc(NN)nc4sc(C(N)=O)c(N)c34)cc2)n(-c2nc(-c3ccccc3)c3c(N)c(C(N)=O)sc3n2)n1. The first-order valence-corrected chi connectivity index (χ1v) is 15.7. The van der Waals surface area contributed by atoms with E-state index in [0.29, 0.717) is 44.2 Å². The van der Waals surface area contributed by atoms with Gasteiger partial charge in [-0.25, -0.2) is 25.5 Å². The molecule has 0 bridgehead atoms. The van der Waals surface area contributed by atoms with Gasteiger partial charge in [0.05, 0.1) is 44.9 Å². The molecule has 0 saturated carbocycles. The van der Waals surface area contributed by atoms with E-state index in [4.69, 9.17) is 43.8 Å². The van der Waals surface area contributed by atoms with Gasteiger partial charge in [-0.15, -0.1) is 22.7 Å².